The van der Waals surface area contributed by atoms with Gasteiger partial charge in [0.1, 0.15) is 0 Å². The van der Waals surface area contributed by atoms with E-state index < -0.39 is 36.3 Å². The molecule has 22 heavy (non-hydrogen) atoms. The molecule has 0 N–H and O–H groups in total. The minimum atomic E-state index is -7.41. The number of halogens is 13. The number of methoxy groups -OCH3 is 1. The van der Waals surface area contributed by atoms with E-state index in [1.54, 1.807) is 4.74 Å². The van der Waals surface area contributed by atoms with Gasteiger partial charge in [0.25, 0.3) is 0 Å². The second kappa shape index (κ2) is 5.28. The molecular weight excluding hydrogens is 363 g/mol. The Labute approximate surface area is 111 Å². The summed E-state index contributed by atoms with van der Waals surface area (Å²) >= 11 is 0. The highest BCUT2D eigenvalue weighted by molar-refractivity contribution is 4.92. The summed E-state index contributed by atoms with van der Waals surface area (Å²) in [7, 11) is -0.372. The van der Waals surface area contributed by atoms with Crippen LogP contribution in [0, 0.1) is 0 Å². The van der Waals surface area contributed by atoms with Gasteiger partial charge in [0.05, 0.1) is 0 Å². The second-order valence-electron chi connectivity index (χ2n) is 3.50. The Morgan fingerprint density at radius 2 is 0.909 bits per heavy atom. The Morgan fingerprint density at radius 3 is 1.14 bits per heavy atom. The van der Waals surface area contributed by atoms with E-state index in [0.717, 1.165) is 0 Å². The summed E-state index contributed by atoms with van der Waals surface area (Å²) < 4.78 is 163. The number of ether oxygens (including phenoxy) is 2. The molecule has 0 bridgehead atoms. The highest BCUT2D eigenvalue weighted by Gasteiger charge is 2.83. The molecule has 0 amide bonds. The van der Waals surface area contributed by atoms with E-state index in [4.69, 9.17) is 0 Å². The average Bonchev–Trinajstić information content (AvgIpc) is 2.24. The molecule has 134 valence electrons. The molecule has 0 aromatic rings. The van der Waals surface area contributed by atoms with Crippen molar-refractivity contribution < 1.29 is 66.5 Å². The van der Waals surface area contributed by atoms with E-state index in [1.807, 2.05) is 0 Å². The largest absolute Gasteiger partial charge is 0.462 e. The van der Waals surface area contributed by atoms with Crippen molar-refractivity contribution >= 4 is 0 Å². The third kappa shape index (κ3) is 3.18. The van der Waals surface area contributed by atoms with Crippen LogP contribution in [0.3, 0.4) is 0 Å². The van der Waals surface area contributed by atoms with Crippen molar-refractivity contribution in [2.75, 3.05) is 7.11 Å². The van der Waals surface area contributed by atoms with Crippen LogP contribution in [-0.2, 0) is 9.47 Å². The SMILES string of the molecule is COC(F)(F)C(F)(OC(F)(F)C(F)(F)C(F)(F)F)C(F)(F)F. The van der Waals surface area contributed by atoms with E-state index in [9.17, 15) is 57.1 Å². The smallest absolute Gasteiger partial charge is 0.319 e. The van der Waals surface area contributed by atoms with Gasteiger partial charge in [-0.2, -0.15) is 57.1 Å². The van der Waals surface area contributed by atoms with Gasteiger partial charge in [-0.3, -0.25) is 4.74 Å². The van der Waals surface area contributed by atoms with Crippen LogP contribution in [0.5, 0.6) is 0 Å². The van der Waals surface area contributed by atoms with Crippen LogP contribution in [0.2, 0.25) is 0 Å². The molecule has 2 nitrogen and oxygen atoms in total. The summed E-state index contributed by atoms with van der Waals surface area (Å²) in [6.07, 6.45) is -28.1. The predicted octanol–water partition coefficient (Wildman–Crippen LogP) is 4.26. The Morgan fingerprint density at radius 1 is 0.545 bits per heavy atom. The minimum Gasteiger partial charge on any atom is -0.319 e. The van der Waals surface area contributed by atoms with Crippen molar-refractivity contribution in [2.24, 2.45) is 0 Å². The van der Waals surface area contributed by atoms with Crippen molar-refractivity contribution in [1.29, 1.82) is 0 Å². The summed E-state index contributed by atoms with van der Waals surface area (Å²) in [4.78, 5) is 0. The Kier molecular flexibility index (Phi) is 5.04. The minimum absolute atomic E-state index is 0.372. The van der Waals surface area contributed by atoms with Crippen LogP contribution in [0.15, 0.2) is 0 Å². The summed E-state index contributed by atoms with van der Waals surface area (Å²) in [5.41, 5.74) is 0. The van der Waals surface area contributed by atoms with Crippen molar-refractivity contribution in [2.45, 2.75) is 36.3 Å². The molecule has 0 saturated carbocycles. The first-order chi connectivity index (χ1) is 9.27. The van der Waals surface area contributed by atoms with Gasteiger partial charge in [0, 0.05) is 7.11 Å². The van der Waals surface area contributed by atoms with E-state index in [1.165, 1.54) is 0 Å². The van der Waals surface area contributed by atoms with Gasteiger partial charge in [-0.05, 0) is 0 Å². The quantitative estimate of drug-likeness (QED) is 0.677. The molecule has 0 fully saturated rings. The third-order valence-electron chi connectivity index (χ3n) is 1.99. The highest BCUT2D eigenvalue weighted by atomic mass is 19.4. The fraction of sp³-hybridized carbons (Fsp3) is 1.00. The van der Waals surface area contributed by atoms with Gasteiger partial charge < -0.3 is 4.74 Å². The fourth-order valence-corrected chi connectivity index (χ4v) is 0.819. The number of alkyl halides is 13. The molecule has 0 radical (unpaired) electrons. The van der Waals surface area contributed by atoms with Crippen LogP contribution >= 0.6 is 0 Å². The van der Waals surface area contributed by atoms with Crippen LogP contribution < -0.4 is 0 Å². The molecule has 0 aliphatic heterocycles. The molecule has 0 heterocycles. The summed E-state index contributed by atoms with van der Waals surface area (Å²) in [6, 6.07) is 0. The monoisotopic (exact) mass is 366 g/mol. The van der Waals surface area contributed by atoms with Crippen LogP contribution in [-0.4, -0.2) is 43.5 Å². The van der Waals surface area contributed by atoms with Crippen molar-refractivity contribution in [3.05, 3.63) is 0 Å². The van der Waals surface area contributed by atoms with E-state index in [2.05, 4.69) is 4.74 Å². The number of rotatable bonds is 5. The van der Waals surface area contributed by atoms with Gasteiger partial charge >= 0.3 is 36.3 Å². The zero-order valence-electron chi connectivity index (χ0n) is 9.73. The maximum absolute atomic E-state index is 13.1. The first-order valence-electron chi connectivity index (χ1n) is 4.48. The maximum Gasteiger partial charge on any atom is 0.462 e. The lowest BCUT2D eigenvalue weighted by molar-refractivity contribution is -0.531. The van der Waals surface area contributed by atoms with Crippen molar-refractivity contribution in [1.82, 2.24) is 0 Å². The standard InChI is InChI=1S/C7H3F13O2/c1-21-7(19,20)3(10,5(14,15)16)22-6(17,18)2(8,9)4(11,12)13/h1H3. The zero-order chi connectivity index (χ0) is 18.4. The molecule has 0 rings (SSSR count). The Hall–Kier alpha value is -0.990. The first-order valence-corrected chi connectivity index (χ1v) is 4.48. The predicted molar refractivity (Wildman–Crippen MR) is 38.9 cm³/mol. The molecule has 0 aromatic heterocycles. The number of hydrogen-bond donors (Lipinski definition) is 0. The Bertz CT molecular complexity index is 396. The van der Waals surface area contributed by atoms with Gasteiger partial charge in [-0.15, -0.1) is 0 Å². The molecule has 0 saturated heterocycles. The summed E-state index contributed by atoms with van der Waals surface area (Å²) in [5.74, 6) is -14.4. The molecule has 0 spiro atoms. The summed E-state index contributed by atoms with van der Waals surface area (Å²) in [6.45, 7) is 0. The number of hydrogen-bond acceptors (Lipinski definition) is 2. The molecule has 1 unspecified atom stereocenters. The molecule has 0 aliphatic carbocycles. The second-order valence-corrected chi connectivity index (χ2v) is 3.50. The maximum atomic E-state index is 13.1. The molecule has 15 heteroatoms. The lowest BCUT2D eigenvalue weighted by Crippen LogP contribution is -2.65. The van der Waals surface area contributed by atoms with Gasteiger partial charge in [-0.1, -0.05) is 0 Å². The molecule has 0 aliphatic rings. The highest BCUT2D eigenvalue weighted by Crippen LogP contribution is 2.54. The summed E-state index contributed by atoms with van der Waals surface area (Å²) in [5, 5.41) is 0. The fourth-order valence-electron chi connectivity index (χ4n) is 0.819. The van der Waals surface area contributed by atoms with E-state index >= 15 is 0 Å². The van der Waals surface area contributed by atoms with Gasteiger partial charge in [0.15, 0.2) is 0 Å². The van der Waals surface area contributed by atoms with E-state index in [0.29, 0.717) is 0 Å². The Balaban J connectivity index is 6.00. The van der Waals surface area contributed by atoms with Crippen LogP contribution in [0.4, 0.5) is 57.1 Å². The first kappa shape index (κ1) is 21.0. The van der Waals surface area contributed by atoms with Crippen LogP contribution in [0.1, 0.15) is 0 Å². The normalized spacial score (nSPS) is 18.3. The zero-order valence-corrected chi connectivity index (χ0v) is 9.73. The lowest BCUT2D eigenvalue weighted by atomic mass is 10.2. The third-order valence-corrected chi connectivity index (χ3v) is 1.99. The van der Waals surface area contributed by atoms with E-state index in [-0.39, 0.29) is 7.11 Å². The molecule has 0 aromatic carbocycles. The van der Waals surface area contributed by atoms with Gasteiger partial charge in [0.2, 0.25) is 0 Å². The molecular formula is C7H3F13O2. The van der Waals surface area contributed by atoms with Crippen LogP contribution in [0.25, 0.3) is 0 Å². The molecule has 1 atom stereocenters. The van der Waals surface area contributed by atoms with Crippen molar-refractivity contribution in [3.63, 3.8) is 0 Å². The lowest BCUT2D eigenvalue weighted by Gasteiger charge is -2.37. The van der Waals surface area contributed by atoms with Crippen molar-refractivity contribution in [3.8, 4) is 0 Å². The van der Waals surface area contributed by atoms with Gasteiger partial charge in [-0.25, -0.2) is 0 Å². The average molecular weight is 366 g/mol. The topological polar surface area (TPSA) is 18.5 Å².